The number of amides is 1. The number of nitrogens with zero attached hydrogens (tertiary/aromatic N) is 1. The van der Waals surface area contributed by atoms with Gasteiger partial charge >= 0.3 is 0 Å². The molecular weight excluding hydrogens is 220 g/mol. The van der Waals surface area contributed by atoms with Gasteiger partial charge in [0.2, 0.25) is 5.91 Å². The summed E-state index contributed by atoms with van der Waals surface area (Å²) in [6, 6.07) is 0.535. The monoisotopic (exact) mass is 242 g/mol. The van der Waals surface area contributed by atoms with Gasteiger partial charge in [-0.2, -0.15) is 11.8 Å². The molecule has 4 heteroatoms. The summed E-state index contributed by atoms with van der Waals surface area (Å²) < 4.78 is 0. The maximum absolute atomic E-state index is 12.2. The van der Waals surface area contributed by atoms with E-state index in [0.717, 1.165) is 11.7 Å². The lowest BCUT2D eigenvalue weighted by molar-refractivity contribution is -0.132. The topological polar surface area (TPSA) is 32.3 Å². The fourth-order valence-electron chi connectivity index (χ4n) is 2.99. The molecule has 1 amide bonds. The van der Waals surface area contributed by atoms with E-state index in [-0.39, 0.29) is 12.2 Å². The molecule has 1 aliphatic carbocycles. The average Bonchev–Trinajstić information content (AvgIpc) is 2.83. The van der Waals surface area contributed by atoms with Gasteiger partial charge in [-0.25, -0.2) is 0 Å². The largest absolute Gasteiger partial charge is 0.323 e. The molecule has 92 valence electrons. The third-order valence-corrected chi connectivity index (χ3v) is 5.00. The number of hydrogen-bond donors (Lipinski definition) is 1. The van der Waals surface area contributed by atoms with E-state index in [4.69, 9.17) is 0 Å². The molecule has 0 spiro atoms. The first-order valence-electron chi connectivity index (χ1n) is 6.28. The molecule has 16 heavy (non-hydrogen) atoms. The van der Waals surface area contributed by atoms with Gasteiger partial charge in [-0.05, 0) is 38.9 Å². The Hall–Kier alpha value is -0.220. The Morgan fingerprint density at radius 3 is 2.75 bits per heavy atom. The third-order valence-electron chi connectivity index (χ3n) is 3.90. The Balaban J connectivity index is 2.02. The van der Waals surface area contributed by atoms with Crippen molar-refractivity contribution in [2.24, 2.45) is 0 Å². The second kappa shape index (κ2) is 4.96. The fourth-order valence-corrected chi connectivity index (χ4v) is 3.77. The molecule has 0 aromatic rings. The van der Waals surface area contributed by atoms with Gasteiger partial charge in [-0.15, -0.1) is 0 Å². The number of rotatable bonds is 3. The van der Waals surface area contributed by atoms with Crippen LogP contribution >= 0.6 is 11.8 Å². The lowest BCUT2D eigenvalue weighted by Gasteiger charge is -2.28. The normalized spacial score (nSPS) is 39.7. The fraction of sp³-hybridized carbons (Fsp3) is 0.917. The van der Waals surface area contributed by atoms with Gasteiger partial charge in [0.15, 0.2) is 0 Å². The van der Waals surface area contributed by atoms with Gasteiger partial charge in [0.05, 0.1) is 12.2 Å². The van der Waals surface area contributed by atoms with Crippen LogP contribution in [0.4, 0.5) is 0 Å². The lowest BCUT2D eigenvalue weighted by atomic mass is 10.2. The van der Waals surface area contributed by atoms with E-state index in [1.165, 1.54) is 19.3 Å². The van der Waals surface area contributed by atoms with Crippen LogP contribution in [0.5, 0.6) is 0 Å². The van der Waals surface area contributed by atoms with E-state index in [9.17, 15) is 4.79 Å². The number of carbonyl (C=O) groups is 1. The third kappa shape index (κ3) is 2.09. The summed E-state index contributed by atoms with van der Waals surface area (Å²) in [5, 5.41) is 4.14. The molecule has 2 aliphatic rings. The molecule has 2 fully saturated rings. The zero-order chi connectivity index (χ0) is 11.7. The maximum Gasteiger partial charge on any atom is 0.241 e. The molecule has 1 saturated carbocycles. The first-order chi connectivity index (χ1) is 7.67. The van der Waals surface area contributed by atoms with Gasteiger partial charge in [-0.3, -0.25) is 10.1 Å². The SMILES string of the molecule is CCC1NC(C)N(C2CCC(SC)C2)C1=O. The Bertz CT molecular complexity index is 272. The smallest absolute Gasteiger partial charge is 0.241 e. The number of carbonyl (C=O) groups excluding carboxylic acids is 1. The highest BCUT2D eigenvalue weighted by Crippen LogP contribution is 2.33. The van der Waals surface area contributed by atoms with Crippen molar-refractivity contribution >= 4 is 17.7 Å². The van der Waals surface area contributed by atoms with Crippen LogP contribution in [0.1, 0.15) is 39.5 Å². The number of thioether (sulfide) groups is 1. The molecule has 1 N–H and O–H groups in total. The van der Waals surface area contributed by atoms with E-state index in [1.54, 1.807) is 0 Å². The Morgan fingerprint density at radius 2 is 2.25 bits per heavy atom. The van der Waals surface area contributed by atoms with Gasteiger partial charge in [0.25, 0.3) is 0 Å². The summed E-state index contributed by atoms with van der Waals surface area (Å²) in [5.74, 6) is 0.321. The van der Waals surface area contributed by atoms with Crippen molar-refractivity contribution in [3.05, 3.63) is 0 Å². The highest BCUT2D eigenvalue weighted by molar-refractivity contribution is 7.99. The average molecular weight is 242 g/mol. The van der Waals surface area contributed by atoms with Crippen molar-refractivity contribution in [3.8, 4) is 0 Å². The van der Waals surface area contributed by atoms with Gasteiger partial charge in [-0.1, -0.05) is 6.92 Å². The standard InChI is InChI=1S/C12H22N2OS/c1-4-11-12(15)14(8(2)13-11)9-5-6-10(7-9)16-3/h8-11,13H,4-7H2,1-3H3. The molecule has 0 aromatic heterocycles. The van der Waals surface area contributed by atoms with E-state index < -0.39 is 0 Å². The first kappa shape index (κ1) is 12.2. The molecule has 3 nitrogen and oxygen atoms in total. The molecule has 2 rings (SSSR count). The summed E-state index contributed by atoms with van der Waals surface area (Å²) in [5.41, 5.74) is 0. The number of nitrogens with one attached hydrogen (secondary N) is 1. The van der Waals surface area contributed by atoms with Crippen LogP contribution in [0.15, 0.2) is 0 Å². The Kier molecular flexibility index (Phi) is 3.80. The van der Waals surface area contributed by atoms with Crippen molar-refractivity contribution in [3.63, 3.8) is 0 Å². The summed E-state index contributed by atoms with van der Waals surface area (Å²) in [6.07, 6.45) is 6.92. The van der Waals surface area contributed by atoms with Crippen LogP contribution in [0.25, 0.3) is 0 Å². The molecule has 0 aromatic carbocycles. The lowest BCUT2D eigenvalue weighted by Crippen LogP contribution is -2.42. The minimum absolute atomic E-state index is 0.0586. The quantitative estimate of drug-likeness (QED) is 0.819. The van der Waals surface area contributed by atoms with E-state index in [2.05, 4.69) is 30.3 Å². The molecule has 4 unspecified atom stereocenters. The Morgan fingerprint density at radius 1 is 1.50 bits per heavy atom. The second-order valence-corrected chi connectivity index (χ2v) is 6.01. The minimum atomic E-state index is 0.0586. The van der Waals surface area contributed by atoms with Crippen molar-refractivity contribution in [2.45, 2.75) is 63.0 Å². The second-order valence-electron chi connectivity index (χ2n) is 4.87. The van der Waals surface area contributed by atoms with E-state index >= 15 is 0 Å². The van der Waals surface area contributed by atoms with E-state index in [1.807, 2.05) is 11.8 Å². The van der Waals surface area contributed by atoms with Crippen LogP contribution in [0.2, 0.25) is 0 Å². The summed E-state index contributed by atoms with van der Waals surface area (Å²) in [7, 11) is 0. The predicted octanol–water partition coefficient (Wildman–Crippen LogP) is 1.83. The summed E-state index contributed by atoms with van der Waals surface area (Å²) in [4.78, 5) is 14.3. The van der Waals surface area contributed by atoms with Gasteiger partial charge in [0, 0.05) is 11.3 Å². The van der Waals surface area contributed by atoms with Crippen LogP contribution in [-0.4, -0.2) is 40.6 Å². The van der Waals surface area contributed by atoms with Crippen molar-refractivity contribution < 1.29 is 4.79 Å². The summed E-state index contributed by atoms with van der Waals surface area (Å²) in [6.45, 7) is 4.19. The maximum atomic E-state index is 12.2. The van der Waals surface area contributed by atoms with Crippen LogP contribution < -0.4 is 5.32 Å². The van der Waals surface area contributed by atoms with Crippen LogP contribution in [0.3, 0.4) is 0 Å². The molecule has 1 heterocycles. The van der Waals surface area contributed by atoms with Gasteiger partial charge in [0.1, 0.15) is 0 Å². The van der Waals surface area contributed by atoms with Crippen LogP contribution in [-0.2, 0) is 4.79 Å². The van der Waals surface area contributed by atoms with Crippen molar-refractivity contribution in [2.75, 3.05) is 6.26 Å². The zero-order valence-electron chi connectivity index (χ0n) is 10.4. The van der Waals surface area contributed by atoms with E-state index in [0.29, 0.717) is 11.9 Å². The Labute approximate surface area is 102 Å². The first-order valence-corrected chi connectivity index (χ1v) is 7.57. The highest BCUT2D eigenvalue weighted by Gasteiger charge is 2.41. The highest BCUT2D eigenvalue weighted by atomic mass is 32.2. The summed E-state index contributed by atoms with van der Waals surface area (Å²) >= 11 is 1.95. The van der Waals surface area contributed by atoms with Crippen molar-refractivity contribution in [1.29, 1.82) is 0 Å². The minimum Gasteiger partial charge on any atom is -0.323 e. The molecule has 0 bridgehead atoms. The van der Waals surface area contributed by atoms with Gasteiger partial charge < -0.3 is 4.90 Å². The molecule has 1 aliphatic heterocycles. The number of hydrogen-bond acceptors (Lipinski definition) is 3. The molecule has 4 atom stereocenters. The van der Waals surface area contributed by atoms with Crippen LogP contribution in [0, 0.1) is 0 Å². The molecule has 0 radical (unpaired) electrons. The zero-order valence-corrected chi connectivity index (χ0v) is 11.2. The molecule has 1 saturated heterocycles. The molecular formula is C12H22N2OS. The predicted molar refractivity (Wildman–Crippen MR) is 68.5 cm³/mol. The van der Waals surface area contributed by atoms with Crippen molar-refractivity contribution in [1.82, 2.24) is 10.2 Å².